The fourth-order valence-corrected chi connectivity index (χ4v) is 4.04. The summed E-state index contributed by atoms with van der Waals surface area (Å²) in [6.07, 6.45) is 1.80. The van der Waals surface area contributed by atoms with Crippen molar-refractivity contribution in [3.63, 3.8) is 0 Å². The number of esters is 2. The Labute approximate surface area is 171 Å². The number of amides is 1. The molecule has 1 aliphatic heterocycles. The number of carbonyl (C=O) groups is 3. The summed E-state index contributed by atoms with van der Waals surface area (Å²) >= 11 is 0. The molecule has 7 nitrogen and oxygen atoms in total. The van der Waals surface area contributed by atoms with Crippen LogP contribution in [-0.4, -0.2) is 53.0 Å². The van der Waals surface area contributed by atoms with E-state index in [4.69, 9.17) is 9.47 Å². The van der Waals surface area contributed by atoms with Gasteiger partial charge in [-0.1, -0.05) is 36.4 Å². The molecule has 0 saturated heterocycles. The van der Waals surface area contributed by atoms with Crippen molar-refractivity contribution in [2.75, 3.05) is 20.0 Å². The van der Waals surface area contributed by atoms with Crippen LogP contribution in [0.25, 0.3) is 0 Å². The van der Waals surface area contributed by atoms with Gasteiger partial charge in [-0.15, -0.1) is 0 Å². The van der Waals surface area contributed by atoms with Gasteiger partial charge in [0, 0.05) is 19.2 Å². The number of benzene rings is 2. The van der Waals surface area contributed by atoms with Crippen LogP contribution in [0, 0.1) is 0 Å². The standard InChI is InChI=1S/C21H21NO6S/c1-27-21(25)17-11-14-7-3-4-8-15(14)12-22(17)19(23)13-28-20(24)16-9-5-6-10-18(16)29(2)26/h3-10,17H,11-13H2,1-2H3/t17-,29+/m0/s1. The lowest BCUT2D eigenvalue weighted by Gasteiger charge is -2.35. The van der Waals surface area contributed by atoms with E-state index in [2.05, 4.69) is 0 Å². The Morgan fingerprint density at radius 1 is 1.07 bits per heavy atom. The number of ether oxygens (including phenoxy) is 2. The molecule has 1 amide bonds. The lowest BCUT2D eigenvalue weighted by Crippen LogP contribution is -2.50. The first-order chi connectivity index (χ1) is 13.9. The Bertz CT molecular complexity index is 973. The molecule has 1 aliphatic rings. The second-order valence-corrected chi connectivity index (χ2v) is 7.91. The highest BCUT2D eigenvalue weighted by molar-refractivity contribution is 7.84. The van der Waals surface area contributed by atoms with Crippen LogP contribution in [0.2, 0.25) is 0 Å². The summed E-state index contributed by atoms with van der Waals surface area (Å²) in [5, 5.41) is 0. The van der Waals surface area contributed by atoms with Gasteiger partial charge in [-0.05, 0) is 23.3 Å². The van der Waals surface area contributed by atoms with E-state index in [1.165, 1.54) is 24.3 Å². The maximum atomic E-state index is 12.8. The van der Waals surface area contributed by atoms with Gasteiger partial charge < -0.3 is 14.4 Å². The quantitative estimate of drug-likeness (QED) is 0.691. The topological polar surface area (TPSA) is 90.0 Å². The average Bonchev–Trinajstić information content (AvgIpc) is 2.75. The molecule has 0 aliphatic carbocycles. The van der Waals surface area contributed by atoms with Gasteiger partial charge in [0.25, 0.3) is 5.91 Å². The van der Waals surface area contributed by atoms with E-state index < -0.39 is 41.3 Å². The predicted octanol–water partition coefficient (Wildman–Crippen LogP) is 1.71. The molecule has 29 heavy (non-hydrogen) atoms. The first-order valence-corrected chi connectivity index (χ1v) is 10.5. The molecule has 0 aromatic heterocycles. The van der Waals surface area contributed by atoms with Crippen LogP contribution in [0.3, 0.4) is 0 Å². The summed E-state index contributed by atoms with van der Waals surface area (Å²) in [5.74, 6) is -1.76. The lowest BCUT2D eigenvalue weighted by molar-refractivity contribution is -0.155. The van der Waals surface area contributed by atoms with E-state index in [1.54, 1.807) is 18.2 Å². The maximum Gasteiger partial charge on any atom is 0.339 e. The molecule has 8 heteroatoms. The third-order valence-electron chi connectivity index (χ3n) is 4.79. The predicted molar refractivity (Wildman–Crippen MR) is 106 cm³/mol. The molecular weight excluding hydrogens is 394 g/mol. The molecule has 2 atom stereocenters. The monoisotopic (exact) mass is 415 g/mol. The van der Waals surface area contributed by atoms with E-state index >= 15 is 0 Å². The van der Waals surface area contributed by atoms with Gasteiger partial charge in [0.2, 0.25) is 0 Å². The summed E-state index contributed by atoms with van der Waals surface area (Å²) in [5.41, 5.74) is 2.05. The van der Waals surface area contributed by atoms with Crippen LogP contribution < -0.4 is 0 Å². The van der Waals surface area contributed by atoms with Crippen molar-refractivity contribution < 1.29 is 28.1 Å². The first kappa shape index (κ1) is 20.7. The molecule has 152 valence electrons. The summed E-state index contributed by atoms with van der Waals surface area (Å²) in [6.45, 7) is -0.304. The van der Waals surface area contributed by atoms with Gasteiger partial charge in [-0.2, -0.15) is 0 Å². The van der Waals surface area contributed by atoms with Crippen molar-refractivity contribution in [1.29, 1.82) is 0 Å². The number of hydrogen-bond donors (Lipinski definition) is 0. The van der Waals surface area contributed by atoms with Gasteiger partial charge in [0.15, 0.2) is 6.61 Å². The van der Waals surface area contributed by atoms with Crippen LogP contribution in [0.4, 0.5) is 0 Å². The highest BCUT2D eigenvalue weighted by atomic mass is 32.2. The summed E-state index contributed by atoms with van der Waals surface area (Å²) in [4.78, 5) is 39.1. The van der Waals surface area contributed by atoms with Crippen LogP contribution in [0.15, 0.2) is 53.4 Å². The minimum atomic E-state index is -1.38. The highest BCUT2D eigenvalue weighted by Crippen LogP contribution is 2.24. The van der Waals surface area contributed by atoms with Gasteiger partial charge in [-0.25, -0.2) is 9.59 Å². The van der Waals surface area contributed by atoms with Crippen molar-refractivity contribution in [3.8, 4) is 0 Å². The third-order valence-corrected chi connectivity index (χ3v) is 5.76. The molecule has 3 rings (SSSR count). The molecule has 0 bridgehead atoms. The largest absolute Gasteiger partial charge is 0.467 e. The first-order valence-electron chi connectivity index (χ1n) is 8.96. The normalized spacial score (nSPS) is 16.5. The molecular formula is C21H21NO6S. The second-order valence-electron chi connectivity index (χ2n) is 6.56. The number of fused-ring (bicyclic) bond motifs is 1. The van der Waals surface area contributed by atoms with Gasteiger partial charge >= 0.3 is 11.9 Å². The van der Waals surface area contributed by atoms with Crippen molar-refractivity contribution in [2.45, 2.75) is 23.9 Å². The van der Waals surface area contributed by atoms with E-state index in [0.717, 1.165) is 11.1 Å². The highest BCUT2D eigenvalue weighted by Gasteiger charge is 2.35. The zero-order chi connectivity index (χ0) is 21.0. The number of carbonyl (C=O) groups excluding carboxylic acids is 3. The van der Waals surface area contributed by atoms with Crippen LogP contribution in [0.5, 0.6) is 0 Å². The van der Waals surface area contributed by atoms with Gasteiger partial charge in [-0.3, -0.25) is 9.00 Å². The summed E-state index contributed by atoms with van der Waals surface area (Å²) in [6, 6.07) is 13.1. The molecule has 0 fully saturated rings. The Hall–Kier alpha value is -3.00. The van der Waals surface area contributed by atoms with E-state index in [-0.39, 0.29) is 12.1 Å². The fraction of sp³-hybridized carbons (Fsp3) is 0.286. The number of methoxy groups -OCH3 is 1. The zero-order valence-electron chi connectivity index (χ0n) is 16.1. The van der Waals surface area contributed by atoms with Crippen LogP contribution in [0.1, 0.15) is 21.5 Å². The Balaban J connectivity index is 1.74. The smallest absolute Gasteiger partial charge is 0.339 e. The van der Waals surface area contributed by atoms with Crippen LogP contribution >= 0.6 is 0 Å². The molecule has 0 N–H and O–H groups in total. The van der Waals surface area contributed by atoms with Crippen molar-refractivity contribution in [2.24, 2.45) is 0 Å². The van der Waals surface area contributed by atoms with E-state index in [0.29, 0.717) is 11.3 Å². The molecule has 0 saturated carbocycles. The van der Waals surface area contributed by atoms with Gasteiger partial charge in [0.05, 0.1) is 28.4 Å². The van der Waals surface area contributed by atoms with Gasteiger partial charge in [0.1, 0.15) is 6.04 Å². The molecule has 0 radical (unpaired) electrons. The minimum Gasteiger partial charge on any atom is -0.467 e. The molecule has 0 spiro atoms. The number of rotatable bonds is 5. The Morgan fingerprint density at radius 3 is 2.41 bits per heavy atom. The second kappa shape index (κ2) is 9.00. The average molecular weight is 415 g/mol. The Morgan fingerprint density at radius 2 is 1.72 bits per heavy atom. The number of nitrogens with zero attached hydrogens (tertiary/aromatic N) is 1. The lowest BCUT2D eigenvalue weighted by atomic mass is 9.94. The third kappa shape index (κ3) is 4.54. The van der Waals surface area contributed by atoms with E-state index in [1.807, 2.05) is 24.3 Å². The molecule has 1 heterocycles. The SMILES string of the molecule is COC(=O)[C@@H]1Cc2ccccc2CN1C(=O)COC(=O)c1ccccc1[S@@](C)=O. The van der Waals surface area contributed by atoms with Crippen molar-refractivity contribution in [1.82, 2.24) is 4.90 Å². The zero-order valence-corrected chi connectivity index (χ0v) is 16.9. The molecule has 2 aromatic rings. The maximum absolute atomic E-state index is 12.8. The van der Waals surface area contributed by atoms with E-state index in [9.17, 15) is 18.6 Å². The number of hydrogen-bond acceptors (Lipinski definition) is 6. The molecule has 2 aromatic carbocycles. The van der Waals surface area contributed by atoms with Crippen LogP contribution in [-0.2, 0) is 42.8 Å². The van der Waals surface area contributed by atoms with Crippen molar-refractivity contribution >= 4 is 28.6 Å². The fourth-order valence-electron chi connectivity index (χ4n) is 3.31. The molecule has 0 unspecified atom stereocenters. The minimum absolute atomic E-state index is 0.148. The summed E-state index contributed by atoms with van der Waals surface area (Å²) < 4.78 is 21.8. The van der Waals surface area contributed by atoms with Crippen molar-refractivity contribution in [3.05, 3.63) is 65.2 Å². The Kier molecular flexibility index (Phi) is 6.43. The summed E-state index contributed by atoms with van der Waals surface area (Å²) in [7, 11) is -0.104.